The zero-order valence-electron chi connectivity index (χ0n) is 15.4. The molecule has 0 aliphatic rings. The van der Waals surface area contributed by atoms with Crippen molar-refractivity contribution >= 4 is 40.6 Å². The van der Waals surface area contributed by atoms with E-state index in [2.05, 4.69) is 49.6 Å². The van der Waals surface area contributed by atoms with Gasteiger partial charge in [0, 0.05) is 5.69 Å². The largest absolute Gasteiger partial charge is 0.465 e. The SMILES string of the molecule is CC[C@H](NC(=S)Nc1ccc(Cl)c(C(=O)OC)c1)c1ccc(C)cc1C. The second-order valence-electron chi connectivity index (χ2n) is 6.11. The minimum atomic E-state index is -0.487. The van der Waals surface area contributed by atoms with Crippen LogP contribution in [0.2, 0.25) is 5.02 Å². The molecule has 2 aromatic carbocycles. The van der Waals surface area contributed by atoms with E-state index in [1.165, 1.54) is 23.8 Å². The molecule has 0 heterocycles. The zero-order valence-corrected chi connectivity index (χ0v) is 16.9. The number of halogens is 1. The number of methoxy groups -OCH3 is 1. The van der Waals surface area contributed by atoms with Crippen LogP contribution in [0.15, 0.2) is 36.4 Å². The first-order valence-electron chi connectivity index (χ1n) is 8.38. The fraction of sp³-hybridized carbons (Fsp3) is 0.300. The molecular weight excluding hydrogens is 368 g/mol. The highest BCUT2D eigenvalue weighted by Crippen LogP contribution is 2.23. The number of anilines is 1. The van der Waals surface area contributed by atoms with Crippen LogP contribution in [-0.2, 0) is 4.74 Å². The molecule has 0 unspecified atom stereocenters. The lowest BCUT2D eigenvalue weighted by Gasteiger charge is -2.22. The molecule has 0 spiro atoms. The summed E-state index contributed by atoms with van der Waals surface area (Å²) in [6.45, 7) is 6.29. The molecule has 0 amide bonds. The summed E-state index contributed by atoms with van der Waals surface area (Å²) in [7, 11) is 1.32. The molecular formula is C20H23ClN2O2S. The van der Waals surface area contributed by atoms with Gasteiger partial charge in [0.25, 0.3) is 0 Å². The summed E-state index contributed by atoms with van der Waals surface area (Å²) < 4.78 is 4.74. The van der Waals surface area contributed by atoms with E-state index < -0.39 is 5.97 Å². The first-order chi connectivity index (χ1) is 12.3. The molecule has 26 heavy (non-hydrogen) atoms. The summed E-state index contributed by atoms with van der Waals surface area (Å²) in [5.41, 5.74) is 4.64. The maximum absolute atomic E-state index is 11.8. The van der Waals surface area contributed by atoms with E-state index in [4.69, 9.17) is 28.6 Å². The molecule has 2 N–H and O–H groups in total. The third kappa shape index (κ3) is 4.96. The normalized spacial score (nSPS) is 11.6. The fourth-order valence-corrected chi connectivity index (χ4v) is 3.27. The Morgan fingerprint density at radius 1 is 1.23 bits per heavy atom. The highest BCUT2D eigenvalue weighted by Gasteiger charge is 2.15. The fourth-order valence-electron chi connectivity index (χ4n) is 2.81. The van der Waals surface area contributed by atoms with Crippen LogP contribution >= 0.6 is 23.8 Å². The number of ether oxygens (including phenoxy) is 1. The number of benzene rings is 2. The maximum atomic E-state index is 11.8. The lowest BCUT2D eigenvalue weighted by molar-refractivity contribution is 0.0601. The van der Waals surface area contributed by atoms with Gasteiger partial charge in [-0.3, -0.25) is 0 Å². The molecule has 0 bridgehead atoms. The predicted octanol–water partition coefficient (Wildman–Crippen LogP) is 5.18. The average molecular weight is 391 g/mol. The van der Waals surface area contributed by atoms with Crippen LogP contribution in [0.4, 0.5) is 5.69 Å². The van der Waals surface area contributed by atoms with Crippen LogP contribution in [-0.4, -0.2) is 18.2 Å². The van der Waals surface area contributed by atoms with Crippen molar-refractivity contribution in [2.75, 3.05) is 12.4 Å². The summed E-state index contributed by atoms with van der Waals surface area (Å²) >= 11 is 11.5. The van der Waals surface area contributed by atoms with Gasteiger partial charge in [0.1, 0.15) is 0 Å². The van der Waals surface area contributed by atoms with Crippen LogP contribution < -0.4 is 10.6 Å². The summed E-state index contributed by atoms with van der Waals surface area (Å²) in [5.74, 6) is -0.487. The number of hydrogen-bond donors (Lipinski definition) is 2. The van der Waals surface area contributed by atoms with Gasteiger partial charge in [-0.1, -0.05) is 42.3 Å². The molecule has 138 valence electrons. The van der Waals surface area contributed by atoms with Crippen molar-refractivity contribution in [3.63, 3.8) is 0 Å². The van der Waals surface area contributed by atoms with E-state index in [1.807, 2.05) is 0 Å². The predicted molar refractivity (Wildman–Crippen MR) is 111 cm³/mol. The maximum Gasteiger partial charge on any atom is 0.339 e. The van der Waals surface area contributed by atoms with E-state index in [1.54, 1.807) is 18.2 Å². The molecule has 4 nitrogen and oxygen atoms in total. The van der Waals surface area contributed by atoms with Crippen molar-refractivity contribution < 1.29 is 9.53 Å². The van der Waals surface area contributed by atoms with E-state index in [-0.39, 0.29) is 6.04 Å². The highest BCUT2D eigenvalue weighted by molar-refractivity contribution is 7.80. The van der Waals surface area contributed by atoms with Crippen LogP contribution in [0.3, 0.4) is 0 Å². The first kappa shape index (κ1) is 20.2. The Hall–Kier alpha value is -2.11. The molecule has 1 atom stereocenters. The van der Waals surface area contributed by atoms with Gasteiger partial charge in [0.2, 0.25) is 0 Å². The number of rotatable bonds is 5. The number of hydrogen-bond acceptors (Lipinski definition) is 3. The molecule has 6 heteroatoms. The van der Waals surface area contributed by atoms with Crippen molar-refractivity contribution in [2.45, 2.75) is 33.2 Å². The monoisotopic (exact) mass is 390 g/mol. The van der Waals surface area contributed by atoms with Gasteiger partial charge < -0.3 is 15.4 Å². The number of aryl methyl sites for hydroxylation is 2. The summed E-state index contributed by atoms with van der Waals surface area (Å²) in [4.78, 5) is 11.8. The van der Waals surface area contributed by atoms with Crippen LogP contribution in [0.25, 0.3) is 0 Å². The van der Waals surface area contributed by atoms with Gasteiger partial charge in [0.15, 0.2) is 5.11 Å². The van der Waals surface area contributed by atoms with Crippen LogP contribution in [0, 0.1) is 13.8 Å². The number of esters is 1. The second kappa shape index (κ2) is 9.01. The number of nitrogens with one attached hydrogen (secondary N) is 2. The van der Waals surface area contributed by atoms with Gasteiger partial charge in [-0.15, -0.1) is 0 Å². The third-order valence-electron chi connectivity index (χ3n) is 4.14. The Kier molecular flexibility index (Phi) is 7.00. The minimum Gasteiger partial charge on any atom is -0.465 e. The first-order valence-corrected chi connectivity index (χ1v) is 9.16. The molecule has 0 saturated heterocycles. The van der Waals surface area contributed by atoms with Gasteiger partial charge in [-0.2, -0.15) is 0 Å². The molecule has 0 aromatic heterocycles. The zero-order chi connectivity index (χ0) is 19.3. The average Bonchev–Trinajstić information content (AvgIpc) is 2.61. The third-order valence-corrected chi connectivity index (χ3v) is 4.69. The van der Waals surface area contributed by atoms with E-state index in [0.29, 0.717) is 21.4 Å². The van der Waals surface area contributed by atoms with Gasteiger partial charge >= 0.3 is 5.97 Å². The molecule has 0 aliphatic carbocycles. The van der Waals surface area contributed by atoms with Crippen LogP contribution in [0.5, 0.6) is 0 Å². The van der Waals surface area contributed by atoms with E-state index in [9.17, 15) is 4.79 Å². The van der Waals surface area contributed by atoms with Crippen LogP contribution in [0.1, 0.15) is 46.4 Å². The van der Waals surface area contributed by atoms with Crippen molar-refractivity contribution in [3.05, 3.63) is 63.7 Å². The number of carbonyl (C=O) groups excluding carboxylic acids is 1. The topological polar surface area (TPSA) is 50.4 Å². The molecule has 2 aromatic rings. The Bertz CT molecular complexity index is 823. The Balaban J connectivity index is 2.13. The molecule has 0 saturated carbocycles. The highest BCUT2D eigenvalue weighted by atomic mass is 35.5. The standard InChI is InChI=1S/C20H23ClN2O2S/c1-5-18(15-8-6-12(2)10-13(15)3)23-20(26)22-14-7-9-17(21)16(11-14)19(24)25-4/h6-11,18H,5H2,1-4H3,(H2,22,23,26)/t18-/m0/s1. The summed E-state index contributed by atoms with van der Waals surface area (Å²) in [5, 5.41) is 7.27. The second-order valence-corrected chi connectivity index (χ2v) is 6.92. The van der Waals surface area contributed by atoms with Crippen molar-refractivity contribution in [1.29, 1.82) is 0 Å². The Morgan fingerprint density at radius 3 is 2.58 bits per heavy atom. The lowest BCUT2D eigenvalue weighted by atomic mass is 9.98. The minimum absolute atomic E-state index is 0.1000. The quantitative estimate of drug-likeness (QED) is 0.544. The lowest BCUT2D eigenvalue weighted by Crippen LogP contribution is -2.32. The smallest absolute Gasteiger partial charge is 0.339 e. The molecule has 0 fully saturated rings. The molecule has 0 aliphatic heterocycles. The molecule has 2 rings (SSSR count). The van der Waals surface area contributed by atoms with Gasteiger partial charge in [-0.25, -0.2) is 4.79 Å². The summed E-state index contributed by atoms with van der Waals surface area (Å²) in [6, 6.07) is 11.5. The van der Waals surface area contributed by atoms with Crippen molar-refractivity contribution in [1.82, 2.24) is 5.32 Å². The van der Waals surface area contributed by atoms with Gasteiger partial charge in [0.05, 0.1) is 23.7 Å². The Labute approximate surface area is 164 Å². The number of thiocarbonyl (C=S) groups is 1. The van der Waals surface area contributed by atoms with Gasteiger partial charge in [-0.05, 0) is 61.8 Å². The Morgan fingerprint density at radius 2 is 1.96 bits per heavy atom. The van der Waals surface area contributed by atoms with E-state index in [0.717, 1.165) is 6.42 Å². The van der Waals surface area contributed by atoms with Crippen molar-refractivity contribution in [3.8, 4) is 0 Å². The summed E-state index contributed by atoms with van der Waals surface area (Å²) in [6.07, 6.45) is 0.889. The number of carbonyl (C=O) groups is 1. The van der Waals surface area contributed by atoms with Crippen molar-refractivity contribution in [2.24, 2.45) is 0 Å². The molecule has 0 radical (unpaired) electrons. The van der Waals surface area contributed by atoms with E-state index >= 15 is 0 Å².